The van der Waals surface area contributed by atoms with E-state index in [2.05, 4.69) is 0 Å². The van der Waals surface area contributed by atoms with E-state index in [1.165, 1.54) is 6.07 Å². The minimum atomic E-state index is -0.914. The SMILES string of the molecule is NCC1(C(=O)N2CCOC(c3ccc(F)c(F)c3)C2)CCOCC1. The molecule has 7 heteroatoms. The molecule has 0 bridgehead atoms. The predicted octanol–water partition coefficient (Wildman–Crippen LogP) is 1.62. The first-order valence-corrected chi connectivity index (χ1v) is 8.19. The lowest BCUT2D eigenvalue weighted by molar-refractivity contribution is -0.154. The van der Waals surface area contributed by atoms with Crippen LogP contribution >= 0.6 is 0 Å². The number of carbonyl (C=O) groups is 1. The summed E-state index contributed by atoms with van der Waals surface area (Å²) in [6.45, 7) is 2.48. The van der Waals surface area contributed by atoms with Gasteiger partial charge in [-0.1, -0.05) is 6.07 Å². The van der Waals surface area contributed by atoms with E-state index in [-0.39, 0.29) is 12.5 Å². The summed E-state index contributed by atoms with van der Waals surface area (Å²) in [5.41, 5.74) is 5.84. The van der Waals surface area contributed by atoms with Crippen molar-refractivity contribution in [3.8, 4) is 0 Å². The summed E-state index contributed by atoms with van der Waals surface area (Å²) in [4.78, 5) is 14.7. The summed E-state index contributed by atoms with van der Waals surface area (Å²) in [5.74, 6) is -1.81. The van der Waals surface area contributed by atoms with Crippen LogP contribution in [0.5, 0.6) is 0 Å². The van der Waals surface area contributed by atoms with Crippen molar-refractivity contribution in [2.75, 3.05) is 39.5 Å². The van der Waals surface area contributed by atoms with Gasteiger partial charge in [0, 0.05) is 26.3 Å². The molecule has 3 rings (SSSR count). The molecule has 2 saturated heterocycles. The van der Waals surface area contributed by atoms with E-state index in [0.29, 0.717) is 51.3 Å². The lowest BCUT2D eigenvalue weighted by atomic mass is 9.78. The quantitative estimate of drug-likeness (QED) is 0.908. The maximum atomic E-state index is 13.5. The molecular formula is C17H22F2N2O3. The summed E-state index contributed by atoms with van der Waals surface area (Å²) in [6, 6.07) is 3.69. The number of nitrogens with two attached hydrogens (primary N) is 1. The highest BCUT2D eigenvalue weighted by atomic mass is 19.2. The topological polar surface area (TPSA) is 64.8 Å². The monoisotopic (exact) mass is 340 g/mol. The summed E-state index contributed by atoms with van der Waals surface area (Å²) < 4.78 is 37.6. The predicted molar refractivity (Wildman–Crippen MR) is 83.2 cm³/mol. The third kappa shape index (κ3) is 3.29. The number of hydrogen-bond donors (Lipinski definition) is 1. The maximum absolute atomic E-state index is 13.5. The van der Waals surface area contributed by atoms with Gasteiger partial charge in [-0.05, 0) is 30.5 Å². The second-order valence-electron chi connectivity index (χ2n) is 6.38. The largest absolute Gasteiger partial charge is 0.381 e. The van der Waals surface area contributed by atoms with Crippen LogP contribution in [0.3, 0.4) is 0 Å². The van der Waals surface area contributed by atoms with Gasteiger partial charge in [0.05, 0.1) is 18.6 Å². The van der Waals surface area contributed by atoms with Crippen LogP contribution in [-0.4, -0.2) is 50.3 Å². The van der Waals surface area contributed by atoms with E-state index in [0.717, 1.165) is 12.1 Å². The Kier molecular flexibility index (Phi) is 5.12. The standard InChI is InChI=1S/C17H22F2N2O3/c18-13-2-1-12(9-14(13)19)15-10-21(5-8-24-15)16(22)17(11-20)3-6-23-7-4-17/h1-2,9,15H,3-8,10-11,20H2. The molecule has 0 aromatic heterocycles. The molecule has 24 heavy (non-hydrogen) atoms. The summed E-state index contributed by atoms with van der Waals surface area (Å²) >= 11 is 0. The molecule has 132 valence electrons. The van der Waals surface area contributed by atoms with Crippen LogP contribution in [-0.2, 0) is 14.3 Å². The molecule has 5 nitrogen and oxygen atoms in total. The lowest BCUT2D eigenvalue weighted by Gasteiger charge is -2.41. The smallest absolute Gasteiger partial charge is 0.230 e. The average Bonchev–Trinajstić information content (AvgIpc) is 2.64. The van der Waals surface area contributed by atoms with Gasteiger partial charge in [-0.15, -0.1) is 0 Å². The van der Waals surface area contributed by atoms with Crippen LogP contribution in [0.25, 0.3) is 0 Å². The van der Waals surface area contributed by atoms with Crippen molar-refractivity contribution < 1.29 is 23.0 Å². The van der Waals surface area contributed by atoms with Gasteiger partial charge in [-0.3, -0.25) is 4.79 Å². The van der Waals surface area contributed by atoms with E-state index in [4.69, 9.17) is 15.2 Å². The summed E-state index contributed by atoms with van der Waals surface area (Å²) in [7, 11) is 0. The third-order valence-corrected chi connectivity index (χ3v) is 4.96. The molecule has 1 aromatic carbocycles. The van der Waals surface area contributed by atoms with Crippen LogP contribution < -0.4 is 5.73 Å². The van der Waals surface area contributed by atoms with Crippen molar-refractivity contribution in [1.82, 2.24) is 4.90 Å². The molecule has 2 aliphatic rings. The Hall–Kier alpha value is -1.57. The van der Waals surface area contributed by atoms with Gasteiger partial charge in [0.15, 0.2) is 11.6 Å². The number of halogens is 2. The van der Waals surface area contributed by atoms with E-state index in [1.54, 1.807) is 4.90 Å². The fraction of sp³-hybridized carbons (Fsp3) is 0.588. The molecule has 0 aliphatic carbocycles. The lowest BCUT2D eigenvalue weighted by Crippen LogP contribution is -2.54. The highest BCUT2D eigenvalue weighted by Crippen LogP contribution is 2.33. The Balaban J connectivity index is 1.74. The zero-order valence-electron chi connectivity index (χ0n) is 13.5. The van der Waals surface area contributed by atoms with Crippen molar-refractivity contribution in [1.29, 1.82) is 0 Å². The van der Waals surface area contributed by atoms with E-state index >= 15 is 0 Å². The number of amides is 1. The van der Waals surface area contributed by atoms with Crippen molar-refractivity contribution in [3.63, 3.8) is 0 Å². The maximum Gasteiger partial charge on any atom is 0.230 e. The first kappa shape index (κ1) is 17.3. The van der Waals surface area contributed by atoms with Gasteiger partial charge in [0.1, 0.15) is 6.10 Å². The highest BCUT2D eigenvalue weighted by molar-refractivity contribution is 5.83. The summed E-state index contributed by atoms with van der Waals surface area (Å²) in [5, 5.41) is 0. The summed E-state index contributed by atoms with van der Waals surface area (Å²) in [6.07, 6.45) is 0.748. The second-order valence-corrected chi connectivity index (χ2v) is 6.38. The Bertz CT molecular complexity index is 605. The van der Waals surface area contributed by atoms with Crippen molar-refractivity contribution in [3.05, 3.63) is 35.4 Å². The van der Waals surface area contributed by atoms with Crippen molar-refractivity contribution in [2.45, 2.75) is 18.9 Å². The van der Waals surface area contributed by atoms with Gasteiger partial charge in [0.25, 0.3) is 0 Å². The van der Waals surface area contributed by atoms with E-state index in [9.17, 15) is 13.6 Å². The van der Waals surface area contributed by atoms with Crippen LogP contribution in [0.1, 0.15) is 24.5 Å². The molecule has 2 aliphatic heterocycles. The van der Waals surface area contributed by atoms with Gasteiger partial charge in [0.2, 0.25) is 5.91 Å². The number of nitrogens with zero attached hydrogens (tertiary/aromatic N) is 1. The third-order valence-electron chi connectivity index (χ3n) is 4.96. The second kappa shape index (κ2) is 7.13. The molecule has 1 amide bonds. The molecule has 2 fully saturated rings. The Morgan fingerprint density at radius 3 is 2.67 bits per heavy atom. The van der Waals surface area contributed by atoms with Crippen LogP contribution in [0, 0.1) is 17.0 Å². The number of rotatable bonds is 3. The molecular weight excluding hydrogens is 318 g/mol. The van der Waals surface area contributed by atoms with Crippen molar-refractivity contribution in [2.24, 2.45) is 11.1 Å². The van der Waals surface area contributed by atoms with Gasteiger partial charge in [-0.2, -0.15) is 0 Å². The number of carbonyl (C=O) groups excluding carboxylic acids is 1. The van der Waals surface area contributed by atoms with Gasteiger partial charge < -0.3 is 20.1 Å². The van der Waals surface area contributed by atoms with Crippen LogP contribution in [0.4, 0.5) is 8.78 Å². The molecule has 0 spiro atoms. The van der Waals surface area contributed by atoms with Crippen LogP contribution in [0.2, 0.25) is 0 Å². The molecule has 1 aromatic rings. The van der Waals surface area contributed by atoms with Gasteiger partial charge in [-0.25, -0.2) is 8.78 Å². The molecule has 2 N–H and O–H groups in total. The number of ether oxygens (including phenoxy) is 2. The van der Waals surface area contributed by atoms with Gasteiger partial charge >= 0.3 is 0 Å². The molecule has 0 saturated carbocycles. The molecule has 1 unspecified atom stereocenters. The Morgan fingerprint density at radius 2 is 2.00 bits per heavy atom. The first-order valence-electron chi connectivity index (χ1n) is 8.19. The highest BCUT2D eigenvalue weighted by Gasteiger charge is 2.42. The normalized spacial score (nSPS) is 24.0. The Labute approximate surface area is 139 Å². The fourth-order valence-electron chi connectivity index (χ4n) is 3.35. The van der Waals surface area contributed by atoms with Crippen molar-refractivity contribution >= 4 is 5.91 Å². The number of benzene rings is 1. The van der Waals surface area contributed by atoms with E-state index in [1.807, 2.05) is 0 Å². The average molecular weight is 340 g/mol. The molecule has 0 radical (unpaired) electrons. The minimum absolute atomic E-state index is 0.00387. The fourth-order valence-corrected chi connectivity index (χ4v) is 3.35. The van der Waals surface area contributed by atoms with Crippen LogP contribution in [0.15, 0.2) is 18.2 Å². The Morgan fingerprint density at radius 1 is 1.25 bits per heavy atom. The number of morpholine rings is 1. The minimum Gasteiger partial charge on any atom is -0.381 e. The number of hydrogen-bond acceptors (Lipinski definition) is 4. The zero-order chi connectivity index (χ0) is 17.2. The first-order chi connectivity index (χ1) is 11.6. The molecule has 1 atom stereocenters. The molecule has 2 heterocycles. The van der Waals surface area contributed by atoms with E-state index < -0.39 is 23.2 Å². The zero-order valence-corrected chi connectivity index (χ0v) is 13.5.